The Bertz CT molecular complexity index is 729. The van der Waals surface area contributed by atoms with Crippen LogP contribution in [0.2, 0.25) is 0 Å². The van der Waals surface area contributed by atoms with Crippen LogP contribution in [0.15, 0.2) is 48.5 Å². The molecular formula is C20H24N2O4. The molecule has 0 atom stereocenters. The zero-order chi connectivity index (χ0) is 18.8. The number of hydrogen-bond acceptors (Lipinski definition) is 4. The van der Waals surface area contributed by atoms with Crippen molar-refractivity contribution in [1.82, 2.24) is 5.32 Å². The second kappa shape index (κ2) is 10.1. The molecule has 2 aromatic rings. The lowest BCUT2D eigenvalue weighted by Crippen LogP contribution is -2.35. The van der Waals surface area contributed by atoms with Crippen molar-refractivity contribution in [1.29, 1.82) is 0 Å². The van der Waals surface area contributed by atoms with Crippen molar-refractivity contribution in [3.05, 3.63) is 54.1 Å². The summed E-state index contributed by atoms with van der Waals surface area (Å²) in [7, 11) is 1.56. The van der Waals surface area contributed by atoms with E-state index >= 15 is 0 Å². The number of rotatable bonds is 8. The molecule has 0 bridgehead atoms. The largest absolute Gasteiger partial charge is 0.496 e. The average molecular weight is 356 g/mol. The summed E-state index contributed by atoms with van der Waals surface area (Å²) >= 11 is 0. The molecular weight excluding hydrogens is 332 g/mol. The average Bonchev–Trinajstić information content (AvgIpc) is 2.67. The number of carbonyl (C=O) groups excluding carboxylic acids is 2. The van der Waals surface area contributed by atoms with Gasteiger partial charge in [0.15, 0.2) is 0 Å². The molecule has 2 amide bonds. The fourth-order valence-corrected chi connectivity index (χ4v) is 2.26. The Morgan fingerprint density at radius 3 is 2.42 bits per heavy atom. The van der Waals surface area contributed by atoms with Crippen LogP contribution >= 0.6 is 0 Å². The van der Waals surface area contributed by atoms with Crippen LogP contribution in [0.1, 0.15) is 25.3 Å². The number of para-hydroxylation sites is 1. The third-order valence-corrected chi connectivity index (χ3v) is 3.72. The summed E-state index contributed by atoms with van der Waals surface area (Å²) in [6.07, 6.45) is 2.06. The highest BCUT2D eigenvalue weighted by Crippen LogP contribution is 2.17. The van der Waals surface area contributed by atoms with Crippen molar-refractivity contribution in [2.24, 2.45) is 0 Å². The van der Waals surface area contributed by atoms with Crippen molar-refractivity contribution < 1.29 is 19.1 Å². The van der Waals surface area contributed by atoms with E-state index < -0.39 is 11.8 Å². The van der Waals surface area contributed by atoms with Crippen LogP contribution in [-0.2, 0) is 16.1 Å². The number of amides is 2. The molecule has 0 fully saturated rings. The van der Waals surface area contributed by atoms with E-state index in [1.54, 1.807) is 37.4 Å². The topological polar surface area (TPSA) is 76.7 Å². The van der Waals surface area contributed by atoms with Crippen LogP contribution < -0.4 is 20.1 Å². The molecule has 6 heteroatoms. The molecule has 0 heterocycles. The van der Waals surface area contributed by atoms with Crippen LogP contribution in [0.4, 0.5) is 5.69 Å². The Balaban J connectivity index is 1.84. The van der Waals surface area contributed by atoms with Gasteiger partial charge in [0.25, 0.3) is 0 Å². The number of carbonyl (C=O) groups is 2. The third-order valence-electron chi connectivity index (χ3n) is 3.72. The van der Waals surface area contributed by atoms with E-state index in [-0.39, 0.29) is 6.54 Å². The second-order valence-electron chi connectivity index (χ2n) is 5.68. The molecule has 0 saturated heterocycles. The van der Waals surface area contributed by atoms with Crippen LogP contribution in [0, 0.1) is 0 Å². The van der Waals surface area contributed by atoms with E-state index in [0.29, 0.717) is 18.0 Å². The predicted octanol–water partition coefficient (Wildman–Crippen LogP) is 3.13. The van der Waals surface area contributed by atoms with E-state index in [9.17, 15) is 9.59 Å². The number of hydrogen-bond donors (Lipinski definition) is 2. The van der Waals surface area contributed by atoms with Crippen LogP contribution in [-0.4, -0.2) is 25.5 Å². The minimum absolute atomic E-state index is 0.209. The summed E-state index contributed by atoms with van der Waals surface area (Å²) in [5.74, 6) is -0.0392. The van der Waals surface area contributed by atoms with Gasteiger partial charge in [-0.1, -0.05) is 31.5 Å². The number of nitrogens with one attached hydrogen (secondary N) is 2. The predicted molar refractivity (Wildman–Crippen MR) is 100 cm³/mol. The Hall–Kier alpha value is -3.02. The monoisotopic (exact) mass is 356 g/mol. The first-order chi connectivity index (χ1) is 12.6. The maximum Gasteiger partial charge on any atom is 0.313 e. The molecule has 2 aromatic carbocycles. The van der Waals surface area contributed by atoms with Crippen LogP contribution in [0.3, 0.4) is 0 Å². The summed E-state index contributed by atoms with van der Waals surface area (Å²) in [5.41, 5.74) is 1.33. The van der Waals surface area contributed by atoms with Gasteiger partial charge in [0.2, 0.25) is 0 Å². The van der Waals surface area contributed by atoms with Crippen LogP contribution in [0.5, 0.6) is 11.5 Å². The Labute approximate surface area is 153 Å². The van der Waals surface area contributed by atoms with Crippen molar-refractivity contribution in [3.63, 3.8) is 0 Å². The zero-order valence-electron chi connectivity index (χ0n) is 15.1. The standard InChI is InChI=1S/C20H24N2O4/c1-3-4-13-26-17-11-9-16(10-12-17)22-20(24)19(23)21-14-15-7-5-6-8-18(15)25-2/h5-12H,3-4,13-14H2,1-2H3,(H,21,23)(H,22,24). The molecule has 0 saturated carbocycles. The molecule has 0 unspecified atom stereocenters. The summed E-state index contributed by atoms with van der Waals surface area (Å²) in [6.45, 7) is 2.97. The number of anilines is 1. The molecule has 0 aromatic heterocycles. The van der Waals surface area contributed by atoms with Crippen molar-refractivity contribution in [2.75, 3.05) is 19.0 Å². The number of ether oxygens (including phenoxy) is 2. The summed E-state index contributed by atoms with van der Waals surface area (Å²) in [4.78, 5) is 24.0. The summed E-state index contributed by atoms with van der Waals surface area (Å²) in [5, 5.41) is 5.15. The van der Waals surface area contributed by atoms with E-state index in [4.69, 9.17) is 9.47 Å². The molecule has 0 aliphatic rings. The fourth-order valence-electron chi connectivity index (χ4n) is 2.26. The van der Waals surface area contributed by atoms with E-state index in [2.05, 4.69) is 17.6 Å². The Morgan fingerprint density at radius 2 is 1.73 bits per heavy atom. The minimum Gasteiger partial charge on any atom is -0.496 e. The highest BCUT2D eigenvalue weighted by molar-refractivity contribution is 6.39. The molecule has 0 radical (unpaired) electrons. The first-order valence-electron chi connectivity index (χ1n) is 8.58. The smallest absolute Gasteiger partial charge is 0.313 e. The van der Waals surface area contributed by atoms with E-state index in [0.717, 1.165) is 24.2 Å². The zero-order valence-corrected chi connectivity index (χ0v) is 15.1. The van der Waals surface area contributed by atoms with E-state index in [1.807, 2.05) is 18.2 Å². The van der Waals surface area contributed by atoms with Gasteiger partial charge in [0.05, 0.1) is 13.7 Å². The molecule has 0 aliphatic carbocycles. The van der Waals surface area contributed by atoms with Crippen LogP contribution in [0.25, 0.3) is 0 Å². The van der Waals surface area contributed by atoms with Gasteiger partial charge in [0, 0.05) is 17.8 Å². The molecule has 26 heavy (non-hydrogen) atoms. The molecule has 2 N–H and O–H groups in total. The summed E-state index contributed by atoms with van der Waals surface area (Å²) in [6, 6.07) is 14.2. The fraction of sp³-hybridized carbons (Fsp3) is 0.300. The first kappa shape index (κ1) is 19.3. The second-order valence-corrected chi connectivity index (χ2v) is 5.68. The lowest BCUT2D eigenvalue weighted by atomic mass is 10.2. The van der Waals surface area contributed by atoms with E-state index in [1.165, 1.54) is 0 Å². The molecule has 138 valence electrons. The van der Waals surface area contributed by atoms with Gasteiger partial charge in [0.1, 0.15) is 11.5 Å². The van der Waals surface area contributed by atoms with Gasteiger partial charge >= 0.3 is 11.8 Å². The Kier molecular flexibility index (Phi) is 7.49. The first-order valence-corrected chi connectivity index (χ1v) is 8.58. The minimum atomic E-state index is -0.723. The quantitative estimate of drug-likeness (QED) is 0.563. The normalized spacial score (nSPS) is 10.1. The molecule has 0 spiro atoms. The maximum absolute atomic E-state index is 12.0. The maximum atomic E-state index is 12.0. The number of unbranched alkanes of at least 4 members (excludes halogenated alkanes) is 1. The lowest BCUT2D eigenvalue weighted by Gasteiger charge is -2.10. The van der Waals surface area contributed by atoms with Gasteiger partial charge in [-0.05, 0) is 36.8 Å². The van der Waals surface area contributed by atoms with Crippen molar-refractivity contribution >= 4 is 17.5 Å². The van der Waals surface area contributed by atoms with Crippen molar-refractivity contribution in [2.45, 2.75) is 26.3 Å². The molecule has 6 nitrogen and oxygen atoms in total. The van der Waals surface area contributed by atoms with Gasteiger partial charge < -0.3 is 20.1 Å². The Morgan fingerprint density at radius 1 is 1.00 bits per heavy atom. The highest BCUT2D eigenvalue weighted by atomic mass is 16.5. The van der Waals surface area contributed by atoms with Gasteiger partial charge in [-0.2, -0.15) is 0 Å². The lowest BCUT2D eigenvalue weighted by molar-refractivity contribution is -0.136. The molecule has 0 aliphatic heterocycles. The highest BCUT2D eigenvalue weighted by Gasteiger charge is 2.14. The summed E-state index contributed by atoms with van der Waals surface area (Å²) < 4.78 is 10.8. The number of methoxy groups -OCH3 is 1. The molecule has 2 rings (SSSR count). The van der Waals surface area contributed by atoms with Gasteiger partial charge in [-0.15, -0.1) is 0 Å². The van der Waals surface area contributed by atoms with Crippen molar-refractivity contribution in [3.8, 4) is 11.5 Å². The number of benzene rings is 2. The SMILES string of the molecule is CCCCOc1ccc(NC(=O)C(=O)NCc2ccccc2OC)cc1. The van der Waals surface area contributed by atoms with Gasteiger partial charge in [-0.25, -0.2) is 0 Å². The van der Waals surface area contributed by atoms with Gasteiger partial charge in [-0.3, -0.25) is 9.59 Å². The third kappa shape index (κ3) is 5.81.